The molecular formula is C15H15N. The van der Waals surface area contributed by atoms with E-state index in [-0.39, 0.29) is 0 Å². The molecule has 80 valence electrons. The highest BCUT2D eigenvalue weighted by molar-refractivity contribution is 5.59. The van der Waals surface area contributed by atoms with E-state index < -0.39 is 0 Å². The zero-order valence-corrected chi connectivity index (χ0v) is 9.19. The molecule has 2 aromatic carbocycles. The molecule has 0 aromatic heterocycles. The number of anilines is 2. The molecule has 0 heterocycles. The molecule has 0 saturated heterocycles. The van der Waals surface area contributed by atoms with Crippen LogP contribution in [0.25, 0.3) is 0 Å². The standard InChI is InChI=1S/C15H15N/c1-2-6-13-9-11-15(12-10-13)16-14-7-4-3-5-8-14/h2-5,7-12,16H,1,6H2. The molecule has 1 heteroatoms. The van der Waals surface area contributed by atoms with Crippen LogP contribution in [0.15, 0.2) is 67.3 Å². The van der Waals surface area contributed by atoms with E-state index in [2.05, 4.69) is 48.3 Å². The van der Waals surface area contributed by atoms with Crippen LogP contribution in [0, 0.1) is 0 Å². The average Bonchev–Trinajstić information content (AvgIpc) is 2.33. The summed E-state index contributed by atoms with van der Waals surface area (Å²) >= 11 is 0. The molecule has 0 bridgehead atoms. The molecule has 0 saturated carbocycles. The van der Waals surface area contributed by atoms with Crippen LogP contribution < -0.4 is 5.32 Å². The molecule has 1 N–H and O–H groups in total. The lowest BCUT2D eigenvalue weighted by Crippen LogP contribution is -1.90. The van der Waals surface area contributed by atoms with E-state index in [0.717, 1.165) is 17.8 Å². The monoisotopic (exact) mass is 209 g/mol. The third-order valence-corrected chi connectivity index (χ3v) is 2.40. The van der Waals surface area contributed by atoms with E-state index in [1.165, 1.54) is 5.56 Å². The fraction of sp³-hybridized carbons (Fsp3) is 0.0667. The summed E-state index contributed by atoms with van der Waals surface area (Å²) in [4.78, 5) is 0. The molecular weight excluding hydrogens is 194 g/mol. The van der Waals surface area contributed by atoms with E-state index in [1.807, 2.05) is 24.3 Å². The van der Waals surface area contributed by atoms with Crippen molar-refractivity contribution in [2.24, 2.45) is 0 Å². The first-order chi connectivity index (χ1) is 7.88. The predicted octanol–water partition coefficient (Wildman–Crippen LogP) is 4.16. The van der Waals surface area contributed by atoms with Crippen LogP contribution in [0.1, 0.15) is 5.56 Å². The maximum absolute atomic E-state index is 3.73. The van der Waals surface area contributed by atoms with Crippen molar-refractivity contribution in [1.82, 2.24) is 0 Å². The summed E-state index contributed by atoms with van der Waals surface area (Å²) in [5.74, 6) is 0. The number of allylic oxidation sites excluding steroid dienone is 1. The first kappa shape index (κ1) is 10.5. The van der Waals surface area contributed by atoms with Gasteiger partial charge in [-0.25, -0.2) is 0 Å². The van der Waals surface area contributed by atoms with Gasteiger partial charge in [0.05, 0.1) is 0 Å². The van der Waals surface area contributed by atoms with Crippen molar-refractivity contribution < 1.29 is 0 Å². The van der Waals surface area contributed by atoms with E-state index >= 15 is 0 Å². The Kier molecular flexibility index (Phi) is 3.39. The Morgan fingerprint density at radius 1 is 0.875 bits per heavy atom. The number of hydrogen-bond donors (Lipinski definition) is 1. The normalized spacial score (nSPS) is 9.75. The Morgan fingerprint density at radius 2 is 1.50 bits per heavy atom. The summed E-state index contributed by atoms with van der Waals surface area (Å²) in [5.41, 5.74) is 3.51. The van der Waals surface area contributed by atoms with Crippen LogP contribution in [0.3, 0.4) is 0 Å². The van der Waals surface area contributed by atoms with Crippen molar-refractivity contribution in [3.8, 4) is 0 Å². The van der Waals surface area contributed by atoms with Gasteiger partial charge in [-0.1, -0.05) is 36.4 Å². The van der Waals surface area contributed by atoms with Crippen LogP contribution in [0.4, 0.5) is 11.4 Å². The quantitative estimate of drug-likeness (QED) is 0.745. The molecule has 1 nitrogen and oxygen atoms in total. The minimum absolute atomic E-state index is 0.922. The van der Waals surface area contributed by atoms with Crippen molar-refractivity contribution in [3.63, 3.8) is 0 Å². The average molecular weight is 209 g/mol. The second-order valence-electron chi connectivity index (χ2n) is 3.68. The van der Waals surface area contributed by atoms with Crippen LogP contribution in [0.2, 0.25) is 0 Å². The van der Waals surface area contributed by atoms with Gasteiger partial charge in [-0.3, -0.25) is 0 Å². The van der Waals surface area contributed by atoms with Gasteiger partial charge < -0.3 is 5.32 Å². The van der Waals surface area contributed by atoms with Gasteiger partial charge in [0.1, 0.15) is 0 Å². The van der Waals surface area contributed by atoms with Crippen molar-refractivity contribution in [1.29, 1.82) is 0 Å². The van der Waals surface area contributed by atoms with Gasteiger partial charge in [0.15, 0.2) is 0 Å². The van der Waals surface area contributed by atoms with Crippen LogP contribution in [-0.2, 0) is 6.42 Å². The van der Waals surface area contributed by atoms with Crippen molar-refractivity contribution in [2.45, 2.75) is 6.42 Å². The lowest BCUT2D eigenvalue weighted by molar-refractivity contribution is 1.28. The maximum Gasteiger partial charge on any atom is 0.0384 e. The number of rotatable bonds is 4. The zero-order chi connectivity index (χ0) is 11.2. The van der Waals surface area contributed by atoms with Gasteiger partial charge >= 0.3 is 0 Å². The summed E-state index contributed by atoms with van der Waals surface area (Å²) in [7, 11) is 0. The summed E-state index contributed by atoms with van der Waals surface area (Å²) in [6.07, 6.45) is 2.84. The van der Waals surface area contributed by atoms with Crippen LogP contribution >= 0.6 is 0 Å². The third-order valence-electron chi connectivity index (χ3n) is 2.40. The Hall–Kier alpha value is -2.02. The molecule has 2 aromatic rings. The second kappa shape index (κ2) is 5.17. The van der Waals surface area contributed by atoms with Crippen LogP contribution in [0.5, 0.6) is 0 Å². The number of nitrogens with one attached hydrogen (secondary N) is 1. The molecule has 0 unspecified atom stereocenters. The topological polar surface area (TPSA) is 12.0 Å². The molecule has 0 aliphatic carbocycles. The molecule has 0 fully saturated rings. The minimum Gasteiger partial charge on any atom is -0.356 e. The van der Waals surface area contributed by atoms with Gasteiger partial charge in [0.25, 0.3) is 0 Å². The first-order valence-corrected chi connectivity index (χ1v) is 5.40. The summed E-state index contributed by atoms with van der Waals surface area (Å²) in [5, 5.41) is 3.35. The zero-order valence-electron chi connectivity index (χ0n) is 9.19. The smallest absolute Gasteiger partial charge is 0.0384 e. The van der Waals surface area contributed by atoms with E-state index in [4.69, 9.17) is 0 Å². The highest BCUT2D eigenvalue weighted by atomic mass is 14.9. The van der Waals surface area contributed by atoms with Crippen molar-refractivity contribution in [2.75, 3.05) is 5.32 Å². The van der Waals surface area contributed by atoms with Gasteiger partial charge in [0.2, 0.25) is 0 Å². The summed E-state index contributed by atoms with van der Waals surface area (Å²) in [6, 6.07) is 18.6. The SMILES string of the molecule is C=CCc1ccc(Nc2ccccc2)cc1. The Morgan fingerprint density at radius 3 is 2.12 bits per heavy atom. The molecule has 0 aliphatic heterocycles. The van der Waals surface area contributed by atoms with Gasteiger partial charge in [0, 0.05) is 11.4 Å². The number of para-hydroxylation sites is 1. The van der Waals surface area contributed by atoms with E-state index in [0.29, 0.717) is 0 Å². The van der Waals surface area contributed by atoms with Crippen molar-refractivity contribution >= 4 is 11.4 Å². The highest BCUT2D eigenvalue weighted by Crippen LogP contribution is 2.16. The molecule has 16 heavy (non-hydrogen) atoms. The molecule has 0 radical (unpaired) electrons. The minimum atomic E-state index is 0.922. The predicted molar refractivity (Wildman–Crippen MR) is 70.1 cm³/mol. The molecule has 0 amide bonds. The molecule has 0 aliphatic rings. The molecule has 2 rings (SSSR count). The van der Waals surface area contributed by atoms with Crippen LogP contribution in [-0.4, -0.2) is 0 Å². The van der Waals surface area contributed by atoms with Gasteiger partial charge in [-0.15, -0.1) is 6.58 Å². The van der Waals surface area contributed by atoms with Gasteiger partial charge in [-0.05, 0) is 36.2 Å². The molecule has 0 spiro atoms. The highest BCUT2D eigenvalue weighted by Gasteiger charge is 1.94. The van der Waals surface area contributed by atoms with E-state index in [1.54, 1.807) is 0 Å². The fourth-order valence-corrected chi connectivity index (χ4v) is 1.58. The Labute approximate surface area is 96.4 Å². The fourth-order valence-electron chi connectivity index (χ4n) is 1.58. The second-order valence-corrected chi connectivity index (χ2v) is 3.68. The number of benzene rings is 2. The number of hydrogen-bond acceptors (Lipinski definition) is 1. The molecule has 0 atom stereocenters. The maximum atomic E-state index is 3.73. The largest absolute Gasteiger partial charge is 0.356 e. The van der Waals surface area contributed by atoms with Crippen molar-refractivity contribution in [3.05, 3.63) is 72.8 Å². The lowest BCUT2D eigenvalue weighted by Gasteiger charge is -2.06. The lowest BCUT2D eigenvalue weighted by atomic mass is 10.1. The van der Waals surface area contributed by atoms with E-state index in [9.17, 15) is 0 Å². The Bertz CT molecular complexity index is 443. The van der Waals surface area contributed by atoms with Gasteiger partial charge in [-0.2, -0.15) is 0 Å². The third kappa shape index (κ3) is 2.74. The summed E-state index contributed by atoms with van der Waals surface area (Å²) < 4.78 is 0. The first-order valence-electron chi connectivity index (χ1n) is 5.40. The Balaban J connectivity index is 2.08. The summed E-state index contributed by atoms with van der Waals surface area (Å²) in [6.45, 7) is 3.73.